The third kappa shape index (κ3) is 3.76. The van der Waals surface area contributed by atoms with Gasteiger partial charge in [0.1, 0.15) is 0 Å². The quantitative estimate of drug-likeness (QED) is 0.823. The predicted molar refractivity (Wildman–Crippen MR) is 86.8 cm³/mol. The fourth-order valence-corrected chi connectivity index (χ4v) is 3.93. The molecular formula is C16H23N3O2S. The minimum absolute atomic E-state index is 0.160. The summed E-state index contributed by atoms with van der Waals surface area (Å²) in [6, 6.07) is 4.37. The number of hydrogen-bond donors (Lipinski definition) is 2. The Morgan fingerprint density at radius 1 is 1.45 bits per heavy atom. The van der Waals surface area contributed by atoms with Crippen molar-refractivity contribution in [2.75, 3.05) is 19.8 Å². The molecule has 0 spiro atoms. The van der Waals surface area contributed by atoms with Crippen molar-refractivity contribution in [2.24, 2.45) is 0 Å². The van der Waals surface area contributed by atoms with Crippen LogP contribution in [0.15, 0.2) is 18.5 Å². The third-order valence-corrected chi connectivity index (χ3v) is 5.19. The van der Waals surface area contributed by atoms with Gasteiger partial charge in [0.2, 0.25) is 0 Å². The predicted octanol–water partition coefficient (Wildman–Crippen LogP) is 2.63. The number of nitrogens with zero attached hydrogens (tertiary/aromatic N) is 2. The molecule has 0 amide bonds. The summed E-state index contributed by atoms with van der Waals surface area (Å²) in [4.78, 5) is 12.3. The van der Waals surface area contributed by atoms with Crippen LogP contribution in [0.5, 0.6) is 0 Å². The fraction of sp³-hybridized carbons (Fsp3) is 0.562. The second-order valence-electron chi connectivity index (χ2n) is 5.71. The van der Waals surface area contributed by atoms with E-state index in [2.05, 4.69) is 27.0 Å². The number of ether oxygens (including phenoxy) is 1. The van der Waals surface area contributed by atoms with E-state index in [-0.39, 0.29) is 6.61 Å². The van der Waals surface area contributed by atoms with Crippen molar-refractivity contribution < 1.29 is 9.84 Å². The number of thiophene rings is 1. The van der Waals surface area contributed by atoms with Crippen molar-refractivity contribution in [3.63, 3.8) is 0 Å². The number of rotatable bonds is 7. The maximum Gasteiger partial charge on any atom is 0.0925 e. The van der Waals surface area contributed by atoms with Gasteiger partial charge < -0.3 is 14.8 Å². The van der Waals surface area contributed by atoms with Gasteiger partial charge in [0.05, 0.1) is 24.7 Å². The number of hydrogen-bond acceptors (Lipinski definition) is 5. The van der Waals surface area contributed by atoms with E-state index in [4.69, 9.17) is 4.74 Å². The Morgan fingerprint density at radius 2 is 2.36 bits per heavy atom. The Morgan fingerprint density at radius 3 is 3.05 bits per heavy atom. The summed E-state index contributed by atoms with van der Waals surface area (Å²) in [6.45, 7) is 5.31. The number of H-pyrrole nitrogens is 1. The van der Waals surface area contributed by atoms with Gasteiger partial charge in [-0.2, -0.15) is 0 Å². The molecule has 0 saturated carbocycles. The van der Waals surface area contributed by atoms with E-state index < -0.39 is 0 Å². The first-order valence-electron chi connectivity index (χ1n) is 7.78. The molecule has 1 saturated heterocycles. The normalized spacial score (nSPS) is 18.4. The molecule has 5 nitrogen and oxygen atoms in total. The molecule has 3 rings (SSSR count). The standard InChI is InChI=1S/C16H23N3O2S/c1-12-14(18-11-17-12)10-19(6-7-20)9-13-4-5-16(22-13)15-3-2-8-21-15/h4-5,11,15,20H,2-3,6-10H2,1H3,(H,17,18). The van der Waals surface area contributed by atoms with Crippen LogP contribution in [-0.4, -0.2) is 39.7 Å². The van der Waals surface area contributed by atoms with Crippen LogP contribution in [0.3, 0.4) is 0 Å². The van der Waals surface area contributed by atoms with Gasteiger partial charge in [0.15, 0.2) is 0 Å². The highest BCUT2D eigenvalue weighted by Crippen LogP contribution is 2.33. The minimum Gasteiger partial charge on any atom is -0.395 e. The van der Waals surface area contributed by atoms with Crippen molar-refractivity contribution in [3.8, 4) is 0 Å². The van der Waals surface area contributed by atoms with Gasteiger partial charge in [-0.25, -0.2) is 4.98 Å². The molecule has 2 N–H and O–H groups in total. The zero-order chi connectivity index (χ0) is 15.4. The second kappa shape index (κ2) is 7.37. The molecule has 0 bridgehead atoms. The lowest BCUT2D eigenvalue weighted by molar-refractivity contribution is 0.114. The van der Waals surface area contributed by atoms with Crippen molar-refractivity contribution in [1.82, 2.24) is 14.9 Å². The lowest BCUT2D eigenvalue weighted by atomic mass is 10.2. The van der Waals surface area contributed by atoms with Crippen LogP contribution >= 0.6 is 11.3 Å². The first-order chi connectivity index (χ1) is 10.8. The summed E-state index contributed by atoms with van der Waals surface area (Å²) >= 11 is 1.82. The van der Waals surface area contributed by atoms with Gasteiger partial charge >= 0.3 is 0 Å². The molecule has 1 unspecified atom stereocenters. The van der Waals surface area contributed by atoms with Crippen molar-refractivity contribution in [3.05, 3.63) is 39.6 Å². The largest absolute Gasteiger partial charge is 0.395 e. The van der Waals surface area contributed by atoms with Crippen LogP contribution in [0.4, 0.5) is 0 Å². The van der Waals surface area contributed by atoms with Crippen molar-refractivity contribution in [2.45, 2.75) is 39.0 Å². The number of aromatic nitrogens is 2. The van der Waals surface area contributed by atoms with Gasteiger partial charge in [-0.05, 0) is 31.9 Å². The van der Waals surface area contributed by atoms with E-state index in [0.29, 0.717) is 12.6 Å². The van der Waals surface area contributed by atoms with E-state index in [9.17, 15) is 5.11 Å². The zero-order valence-electron chi connectivity index (χ0n) is 12.9. The number of aromatic amines is 1. The molecule has 6 heteroatoms. The Bertz CT molecular complexity index is 590. The molecule has 1 fully saturated rings. The second-order valence-corrected chi connectivity index (χ2v) is 6.91. The summed E-state index contributed by atoms with van der Waals surface area (Å²) in [5, 5.41) is 9.30. The van der Waals surface area contributed by atoms with Gasteiger partial charge in [-0.15, -0.1) is 11.3 Å². The van der Waals surface area contributed by atoms with E-state index in [0.717, 1.165) is 43.9 Å². The Kier molecular flexibility index (Phi) is 5.25. The molecule has 0 radical (unpaired) electrons. The van der Waals surface area contributed by atoms with Crippen LogP contribution in [0.1, 0.15) is 40.1 Å². The molecule has 120 valence electrons. The summed E-state index contributed by atoms with van der Waals surface area (Å²) in [5.74, 6) is 0. The van der Waals surface area contributed by atoms with Gasteiger partial charge in [-0.3, -0.25) is 4.90 Å². The zero-order valence-corrected chi connectivity index (χ0v) is 13.7. The molecule has 0 aliphatic carbocycles. The average Bonchev–Trinajstić information content (AvgIpc) is 3.22. The molecule has 0 aromatic carbocycles. The molecule has 22 heavy (non-hydrogen) atoms. The number of aliphatic hydroxyl groups excluding tert-OH is 1. The summed E-state index contributed by atoms with van der Waals surface area (Å²) in [6.07, 6.45) is 4.31. The minimum atomic E-state index is 0.160. The van der Waals surface area contributed by atoms with Crippen LogP contribution < -0.4 is 0 Å². The summed E-state index contributed by atoms with van der Waals surface area (Å²) in [5.41, 5.74) is 2.14. The van der Waals surface area contributed by atoms with Gasteiger partial charge in [0, 0.05) is 41.7 Å². The average molecular weight is 321 g/mol. The van der Waals surface area contributed by atoms with Gasteiger partial charge in [0.25, 0.3) is 0 Å². The monoisotopic (exact) mass is 321 g/mol. The van der Waals surface area contributed by atoms with E-state index in [1.54, 1.807) is 6.33 Å². The number of aliphatic hydroxyl groups is 1. The molecule has 2 aromatic rings. The highest BCUT2D eigenvalue weighted by molar-refractivity contribution is 7.12. The summed E-state index contributed by atoms with van der Waals surface area (Å²) < 4.78 is 5.75. The summed E-state index contributed by atoms with van der Waals surface area (Å²) in [7, 11) is 0. The maximum atomic E-state index is 9.30. The van der Waals surface area contributed by atoms with Crippen molar-refractivity contribution in [1.29, 1.82) is 0 Å². The van der Waals surface area contributed by atoms with E-state index >= 15 is 0 Å². The van der Waals surface area contributed by atoms with Crippen LogP contribution in [-0.2, 0) is 17.8 Å². The maximum absolute atomic E-state index is 9.30. The Balaban J connectivity index is 1.64. The lowest BCUT2D eigenvalue weighted by Crippen LogP contribution is -2.26. The Labute approximate surface area is 135 Å². The molecule has 1 atom stereocenters. The third-order valence-electron chi connectivity index (χ3n) is 4.03. The molecule has 1 aliphatic rings. The van der Waals surface area contributed by atoms with Crippen LogP contribution in [0.2, 0.25) is 0 Å². The first-order valence-corrected chi connectivity index (χ1v) is 8.60. The van der Waals surface area contributed by atoms with Crippen LogP contribution in [0.25, 0.3) is 0 Å². The fourth-order valence-electron chi connectivity index (χ4n) is 2.79. The topological polar surface area (TPSA) is 61.4 Å². The molecule has 3 heterocycles. The smallest absolute Gasteiger partial charge is 0.0925 e. The lowest BCUT2D eigenvalue weighted by Gasteiger charge is -2.19. The van der Waals surface area contributed by atoms with Crippen LogP contribution in [0, 0.1) is 6.92 Å². The molecule has 2 aromatic heterocycles. The molecular weight excluding hydrogens is 298 g/mol. The van der Waals surface area contributed by atoms with E-state index in [1.165, 1.54) is 9.75 Å². The molecule has 1 aliphatic heterocycles. The highest BCUT2D eigenvalue weighted by atomic mass is 32.1. The van der Waals surface area contributed by atoms with Crippen molar-refractivity contribution >= 4 is 11.3 Å². The van der Waals surface area contributed by atoms with Gasteiger partial charge in [-0.1, -0.05) is 0 Å². The number of aryl methyl sites for hydroxylation is 1. The first kappa shape index (κ1) is 15.7. The SMILES string of the molecule is Cc1[nH]cnc1CN(CCO)Cc1ccc(C2CCCO2)s1. The Hall–Kier alpha value is -1.21. The number of nitrogens with one attached hydrogen (secondary N) is 1. The highest BCUT2D eigenvalue weighted by Gasteiger charge is 2.20. The van der Waals surface area contributed by atoms with E-state index in [1.807, 2.05) is 18.3 Å². The number of imidazole rings is 1.